The molecule has 4 aromatic rings. The Morgan fingerprint density at radius 3 is 2.44 bits per heavy atom. The van der Waals surface area contributed by atoms with Crippen LogP contribution in [0, 0.1) is 0 Å². The number of fused-ring (bicyclic) bond motifs is 1. The van der Waals surface area contributed by atoms with E-state index in [-0.39, 0.29) is 42.3 Å². The van der Waals surface area contributed by atoms with E-state index in [4.69, 9.17) is 4.42 Å². The minimum Gasteiger partial charge on any atom is -0.443 e. The molecule has 9 nitrogen and oxygen atoms in total. The number of aryl methyl sites for hydroxylation is 1. The zero-order chi connectivity index (χ0) is 29.5. The molecule has 1 aliphatic heterocycles. The van der Waals surface area contributed by atoms with Crippen molar-refractivity contribution in [3.05, 3.63) is 92.8 Å². The summed E-state index contributed by atoms with van der Waals surface area (Å²) < 4.78 is 74.4. The largest absolute Gasteiger partial charge is 0.443 e. The van der Waals surface area contributed by atoms with Gasteiger partial charge in [0.15, 0.2) is 5.78 Å². The number of para-hydroxylation sites is 1. The molecule has 2 aromatic heterocycles. The highest BCUT2D eigenvalue weighted by atomic mass is 32.2. The maximum atomic E-state index is 13.4. The summed E-state index contributed by atoms with van der Waals surface area (Å²) in [5, 5.41) is 0.358. The summed E-state index contributed by atoms with van der Waals surface area (Å²) in [4.78, 5) is 39.2. The van der Waals surface area contributed by atoms with E-state index in [1.54, 1.807) is 31.2 Å². The molecule has 13 heteroatoms. The van der Waals surface area contributed by atoms with Crippen molar-refractivity contribution in [3.63, 3.8) is 0 Å². The number of sulfonamides is 1. The molecule has 5 rings (SSSR count). The molecular formula is C28H26F3N3O6S. The zero-order valence-electron chi connectivity index (χ0n) is 21.9. The first kappa shape index (κ1) is 28.6. The van der Waals surface area contributed by atoms with Gasteiger partial charge in [0.2, 0.25) is 5.09 Å². The summed E-state index contributed by atoms with van der Waals surface area (Å²) in [6, 6.07) is 11.2. The van der Waals surface area contributed by atoms with Crippen LogP contribution in [0.2, 0.25) is 0 Å². The summed E-state index contributed by atoms with van der Waals surface area (Å²) in [5.41, 5.74) is -1.61. The predicted molar refractivity (Wildman–Crippen MR) is 143 cm³/mol. The van der Waals surface area contributed by atoms with Crippen LogP contribution in [0.1, 0.15) is 37.3 Å². The fourth-order valence-corrected chi connectivity index (χ4v) is 6.71. The predicted octanol–water partition coefficient (Wildman–Crippen LogP) is 4.14. The standard InChI is InChI=1S/C28H26F3N3O6S/c1-2-32-26(36)19(17-33(27(32)37)21-12-10-20(11-13-21)28(29,30)31)9-14-23(35)22-7-5-15-34(22)41(38,39)25-16-18-6-3-4-8-24(18)40-25/h3-4,6,8,10-13,16-17,22H,2,5,7,9,14-15H2,1H3/t22-/m0/s1. The number of furan rings is 1. The average Bonchev–Trinajstić information content (AvgIpc) is 3.61. The highest BCUT2D eigenvalue weighted by molar-refractivity contribution is 7.89. The van der Waals surface area contributed by atoms with Gasteiger partial charge in [-0.05, 0) is 56.5 Å². The Kier molecular flexibility index (Phi) is 7.51. The van der Waals surface area contributed by atoms with Crippen molar-refractivity contribution in [2.75, 3.05) is 6.54 Å². The maximum Gasteiger partial charge on any atom is 0.416 e. The van der Waals surface area contributed by atoms with Gasteiger partial charge in [-0.3, -0.25) is 18.7 Å². The summed E-state index contributed by atoms with van der Waals surface area (Å²) in [6.07, 6.45) is -2.82. The highest BCUT2D eigenvalue weighted by Crippen LogP contribution is 2.31. The van der Waals surface area contributed by atoms with Crippen molar-refractivity contribution in [2.45, 2.75) is 56.5 Å². The first-order valence-electron chi connectivity index (χ1n) is 13.0. The van der Waals surface area contributed by atoms with Gasteiger partial charge in [-0.2, -0.15) is 17.5 Å². The highest BCUT2D eigenvalue weighted by Gasteiger charge is 2.40. The van der Waals surface area contributed by atoms with Crippen molar-refractivity contribution in [2.24, 2.45) is 0 Å². The number of hydrogen-bond acceptors (Lipinski definition) is 6. The van der Waals surface area contributed by atoms with Crippen LogP contribution in [-0.2, 0) is 34.0 Å². The molecule has 0 amide bonds. The number of rotatable bonds is 8. The lowest BCUT2D eigenvalue weighted by Gasteiger charge is -2.22. The average molecular weight is 590 g/mol. The molecule has 0 saturated carbocycles. The van der Waals surface area contributed by atoms with Gasteiger partial charge >= 0.3 is 11.9 Å². The maximum absolute atomic E-state index is 13.4. The van der Waals surface area contributed by atoms with Gasteiger partial charge in [0.05, 0.1) is 17.3 Å². The molecule has 1 saturated heterocycles. The van der Waals surface area contributed by atoms with E-state index >= 15 is 0 Å². The van der Waals surface area contributed by atoms with E-state index in [0.717, 1.165) is 37.7 Å². The van der Waals surface area contributed by atoms with Crippen LogP contribution < -0.4 is 11.2 Å². The number of benzene rings is 2. The third-order valence-electron chi connectivity index (χ3n) is 7.21. The molecule has 0 unspecified atom stereocenters. The fourth-order valence-electron chi connectivity index (χ4n) is 5.08. The van der Waals surface area contributed by atoms with Crippen LogP contribution in [0.5, 0.6) is 0 Å². The lowest BCUT2D eigenvalue weighted by atomic mass is 10.0. The summed E-state index contributed by atoms with van der Waals surface area (Å²) in [5.74, 6) is -0.392. The van der Waals surface area contributed by atoms with Crippen molar-refractivity contribution in [1.29, 1.82) is 0 Å². The zero-order valence-corrected chi connectivity index (χ0v) is 22.7. The number of Topliss-reactive ketones (excluding diaryl/α,β-unsaturated/α-hetero) is 1. The third kappa shape index (κ3) is 5.38. The van der Waals surface area contributed by atoms with Crippen LogP contribution in [0.3, 0.4) is 0 Å². The second kappa shape index (κ2) is 10.8. The second-order valence-corrected chi connectivity index (χ2v) is 11.6. The van der Waals surface area contributed by atoms with Gasteiger partial charge in [-0.25, -0.2) is 13.2 Å². The van der Waals surface area contributed by atoms with Crippen LogP contribution >= 0.6 is 0 Å². The number of nitrogens with zero attached hydrogens (tertiary/aromatic N) is 3. The van der Waals surface area contributed by atoms with Crippen LogP contribution in [0.15, 0.2) is 79.9 Å². The van der Waals surface area contributed by atoms with E-state index < -0.39 is 44.8 Å². The quantitative estimate of drug-likeness (QED) is 0.306. The first-order chi connectivity index (χ1) is 19.4. The summed E-state index contributed by atoms with van der Waals surface area (Å²) in [6.45, 7) is 1.72. The lowest BCUT2D eigenvalue weighted by molar-refractivity contribution is -0.137. The smallest absolute Gasteiger partial charge is 0.416 e. The number of hydrogen-bond donors (Lipinski definition) is 0. The monoisotopic (exact) mass is 589 g/mol. The first-order valence-corrected chi connectivity index (χ1v) is 14.4. The van der Waals surface area contributed by atoms with Crippen molar-refractivity contribution in [3.8, 4) is 5.69 Å². The van der Waals surface area contributed by atoms with E-state index in [9.17, 15) is 36.0 Å². The molecule has 41 heavy (non-hydrogen) atoms. The Bertz CT molecular complexity index is 1810. The minimum absolute atomic E-state index is 0.00619. The fraction of sp³-hybridized carbons (Fsp3) is 0.321. The van der Waals surface area contributed by atoms with Gasteiger partial charge in [-0.15, -0.1) is 0 Å². The molecule has 0 N–H and O–H groups in total. The van der Waals surface area contributed by atoms with Crippen molar-refractivity contribution in [1.82, 2.24) is 13.4 Å². The number of carbonyl (C=O) groups excluding carboxylic acids is 1. The Labute approximate surface area is 232 Å². The second-order valence-electron chi connectivity index (χ2n) is 9.74. The molecule has 216 valence electrons. The van der Waals surface area contributed by atoms with E-state index in [1.165, 1.54) is 12.3 Å². The number of aromatic nitrogens is 2. The van der Waals surface area contributed by atoms with Gasteiger partial charge < -0.3 is 4.42 Å². The molecule has 1 aliphatic rings. The van der Waals surface area contributed by atoms with Gasteiger partial charge in [0.25, 0.3) is 15.6 Å². The van der Waals surface area contributed by atoms with Gasteiger partial charge in [0, 0.05) is 42.7 Å². The Morgan fingerprint density at radius 1 is 1.07 bits per heavy atom. The number of halogens is 3. The third-order valence-corrected chi connectivity index (χ3v) is 8.98. The number of ketones is 1. The molecule has 1 fully saturated rings. The topological polar surface area (TPSA) is 112 Å². The van der Waals surface area contributed by atoms with Crippen LogP contribution in [0.25, 0.3) is 16.7 Å². The minimum atomic E-state index is -4.55. The summed E-state index contributed by atoms with van der Waals surface area (Å²) >= 11 is 0. The van der Waals surface area contributed by atoms with Crippen LogP contribution in [-0.4, -0.2) is 40.2 Å². The summed E-state index contributed by atoms with van der Waals surface area (Å²) in [7, 11) is -4.10. The van der Waals surface area contributed by atoms with E-state index in [1.807, 2.05) is 0 Å². The Balaban J connectivity index is 1.39. The molecule has 0 radical (unpaired) electrons. The Hall–Kier alpha value is -3.97. The molecule has 2 aromatic carbocycles. The normalized spacial score (nSPS) is 16.4. The Morgan fingerprint density at radius 2 is 1.78 bits per heavy atom. The van der Waals surface area contributed by atoms with Crippen LogP contribution in [0.4, 0.5) is 13.2 Å². The van der Waals surface area contributed by atoms with E-state index in [0.29, 0.717) is 23.8 Å². The molecular weight excluding hydrogens is 563 g/mol. The molecule has 1 atom stereocenters. The van der Waals surface area contributed by atoms with Gasteiger partial charge in [-0.1, -0.05) is 18.2 Å². The number of alkyl halides is 3. The SMILES string of the molecule is CCn1c(=O)c(CCC(=O)[C@@H]2CCCN2S(=O)(=O)c2cc3ccccc3o2)cn(-c2ccc(C(F)(F)F)cc2)c1=O. The van der Waals surface area contributed by atoms with Crippen molar-refractivity contribution < 1.29 is 30.8 Å². The van der Waals surface area contributed by atoms with Gasteiger partial charge in [0.1, 0.15) is 5.58 Å². The molecule has 0 spiro atoms. The van der Waals surface area contributed by atoms with E-state index in [2.05, 4.69) is 0 Å². The molecule has 0 aliphatic carbocycles. The molecule has 3 heterocycles. The van der Waals surface area contributed by atoms with Crippen molar-refractivity contribution >= 4 is 26.8 Å². The number of carbonyl (C=O) groups is 1. The lowest BCUT2D eigenvalue weighted by Crippen LogP contribution is -2.42. The molecule has 0 bridgehead atoms.